The van der Waals surface area contributed by atoms with Crippen LogP contribution in [0.2, 0.25) is 0 Å². The summed E-state index contributed by atoms with van der Waals surface area (Å²) in [6.07, 6.45) is 4.42. The fraction of sp³-hybridized carbons (Fsp3) is 0.182. The van der Waals surface area contributed by atoms with Crippen LogP contribution in [0, 0.1) is 0 Å². The van der Waals surface area contributed by atoms with E-state index in [0.717, 1.165) is 51.4 Å². The van der Waals surface area contributed by atoms with Crippen molar-refractivity contribution in [1.82, 2.24) is 15.0 Å². The van der Waals surface area contributed by atoms with Gasteiger partial charge in [0.1, 0.15) is 11.0 Å². The van der Waals surface area contributed by atoms with E-state index in [0.29, 0.717) is 0 Å². The minimum Gasteiger partial charge on any atom is -0.351 e. The highest BCUT2D eigenvalue weighted by atomic mass is 32.2. The van der Waals surface area contributed by atoms with Gasteiger partial charge in [-0.15, -0.1) is 11.3 Å². The van der Waals surface area contributed by atoms with Crippen LogP contribution in [0.4, 0.5) is 22.0 Å². The minimum absolute atomic E-state index is 0.242. The van der Waals surface area contributed by atoms with E-state index in [9.17, 15) is 4.79 Å². The fourth-order valence-corrected chi connectivity index (χ4v) is 5.28. The number of hydrogen-bond donors (Lipinski definition) is 2. The molecule has 2 N–H and O–H groups in total. The number of anilines is 3. The zero-order valence-corrected chi connectivity index (χ0v) is 18.5. The Morgan fingerprint density at radius 1 is 1.10 bits per heavy atom. The Kier molecular flexibility index (Phi) is 5.44. The molecule has 31 heavy (non-hydrogen) atoms. The number of amides is 2. The van der Waals surface area contributed by atoms with Crippen molar-refractivity contribution in [3.8, 4) is 0 Å². The number of nitrogens with zero attached hydrogens (tertiary/aromatic N) is 4. The van der Waals surface area contributed by atoms with Crippen LogP contribution in [0.1, 0.15) is 11.1 Å². The highest BCUT2D eigenvalue weighted by molar-refractivity contribution is 8.00. The molecule has 2 aromatic heterocycles. The lowest BCUT2D eigenvalue weighted by Gasteiger charge is -2.31. The van der Waals surface area contributed by atoms with Gasteiger partial charge in [0.25, 0.3) is 0 Å². The van der Waals surface area contributed by atoms with E-state index in [1.165, 1.54) is 11.1 Å². The number of carbonyl (C=O) groups is 1. The number of nitrogens with one attached hydrogen (secondary N) is 2. The molecule has 5 rings (SSSR count). The zero-order valence-electron chi connectivity index (χ0n) is 16.8. The standard InChI is InChI=1S/C22H20N6OS2/c1-30-22-27-19-18(31-22)20(24-13-23-19)28-11-10-16-14(12-28)6-5-9-17(16)26-21(29)25-15-7-3-2-4-8-15/h2-9,13H,10-12H2,1H3,(H2,25,26,29). The second-order valence-corrected chi connectivity index (χ2v) is 9.15. The first-order valence-corrected chi connectivity index (χ1v) is 11.9. The Morgan fingerprint density at radius 3 is 2.81 bits per heavy atom. The van der Waals surface area contributed by atoms with Gasteiger partial charge >= 0.3 is 6.03 Å². The van der Waals surface area contributed by atoms with Crippen molar-refractivity contribution < 1.29 is 4.79 Å². The van der Waals surface area contributed by atoms with E-state index in [-0.39, 0.29) is 6.03 Å². The van der Waals surface area contributed by atoms with Crippen molar-refractivity contribution in [2.75, 3.05) is 28.3 Å². The number of thiazole rings is 1. The number of aromatic nitrogens is 3. The van der Waals surface area contributed by atoms with Gasteiger partial charge in [0, 0.05) is 24.5 Å². The summed E-state index contributed by atoms with van der Waals surface area (Å²) in [6, 6.07) is 15.2. The van der Waals surface area contributed by atoms with Crippen LogP contribution in [-0.4, -0.2) is 33.8 Å². The molecule has 1 aliphatic rings. The topological polar surface area (TPSA) is 83.0 Å². The Labute approximate surface area is 187 Å². The van der Waals surface area contributed by atoms with Crippen molar-refractivity contribution in [2.45, 2.75) is 17.3 Å². The van der Waals surface area contributed by atoms with Gasteiger partial charge in [-0.2, -0.15) is 0 Å². The zero-order chi connectivity index (χ0) is 21.2. The molecule has 3 heterocycles. The molecule has 2 aromatic carbocycles. The van der Waals surface area contributed by atoms with E-state index in [1.54, 1.807) is 29.4 Å². The fourth-order valence-electron chi connectivity index (χ4n) is 3.75. The molecule has 0 atom stereocenters. The van der Waals surface area contributed by atoms with Crippen LogP contribution in [0.15, 0.2) is 59.2 Å². The molecule has 0 saturated carbocycles. The third-order valence-corrected chi connectivity index (χ3v) is 7.20. The maximum absolute atomic E-state index is 12.5. The monoisotopic (exact) mass is 448 g/mol. The van der Waals surface area contributed by atoms with E-state index in [1.807, 2.05) is 48.7 Å². The number of urea groups is 1. The van der Waals surface area contributed by atoms with Crippen molar-refractivity contribution in [3.63, 3.8) is 0 Å². The number of carbonyl (C=O) groups excluding carboxylic acids is 1. The third kappa shape index (κ3) is 4.06. The molecule has 4 aromatic rings. The summed E-state index contributed by atoms with van der Waals surface area (Å²) in [4.78, 5) is 28.2. The molecule has 0 bridgehead atoms. The van der Waals surface area contributed by atoms with Crippen LogP contribution in [0.25, 0.3) is 10.3 Å². The van der Waals surface area contributed by atoms with Crippen molar-refractivity contribution in [3.05, 3.63) is 66.0 Å². The second kappa shape index (κ2) is 8.52. The first-order chi connectivity index (χ1) is 15.2. The Bertz CT molecular complexity index is 1240. The van der Waals surface area contributed by atoms with Gasteiger partial charge in [-0.05, 0) is 42.0 Å². The lowest BCUT2D eigenvalue weighted by Crippen LogP contribution is -2.32. The van der Waals surface area contributed by atoms with Crippen molar-refractivity contribution in [1.29, 1.82) is 0 Å². The Morgan fingerprint density at radius 2 is 1.97 bits per heavy atom. The molecule has 156 valence electrons. The molecule has 2 amide bonds. The number of benzene rings is 2. The van der Waals surface area contributed by atoms with Gasteiger partial charge in [-0.25, -0.2) is 19.7 Å². The first kappa shape index (κ1) is 19.8. The number of fused-ring (bicyclic) bond motifs is 2. The molecule has 9 heteroatoms. The van der Waals surface area contributed by atoms with E-state index < -0.39 is 0 Å². The summed E-state index contributed by atoms with van der Waals surface area (Å²) in [7, 11) is 0. The van der Waals surface area contributed by atoms with E-state index in [4.69, 9.17) is 0 Å². The van der Waals surface area contributed by atoms with Gasteiger partial charge in [-0.1, -0.05) is 42.1 Å². The average Bonchev–Trinajstić information content (AvgIpc) is 3.23. The quantitative estimate of drug-likeness (QED) is 0.427. The maximum Gasteiger partial charge on any atom is 0.323 e. The van der Waals surface area contributed by atoms with Gasteiger partial charge in [0.15, 0.2) is 15.8 Å². The lowest BCUT2D eigenvalue weighted by molar-refractivity contribution is 0.262. The Balaban J connectivity index is 1.37. The van der Waals surface area contributed by atoms with Gasteiger partial charge in [-0.3, -0.25) is 0 Å². The summed E-state index contributed by atoms with van der Waals surface area (Å²) >= 11 is 3.25. The molecule has 0 spiro atoms. The SMILES string of the molecule is CSc1nc2ncnc(N3CCc4c(cccc4NC(=O)Nc4ccccc4)C3)c2s1. The van der Waals surface area contributed by atoms with Crippen molar-refractivity contribution >= 4 is 56.7 Å². The third-order valence-electron chi connectivity index (χ3n) is 5.17. The second-order valence-electron chi connectivity index (χ2n) is 7.09. The first-order valence-electron chi connectivity index (χ1n) is 9.85. The van der Waals surface area contributed by atoms with Crippen molar-refractivity contribution in [2.24, 2.45) is 0 Å². The normalized spacial score (nSPS) is 13.1. The average molecular weight is 449 g/mol. The van der Waals surface area contributed by atoms with Crippen LogP contribution >= 0.6 is 23.1 Å². The summed E-state index contributed by atoms with van der Waals surface area (Å²) in [6.45, 7) is 1.54. The summed E-state index contributed by atoms with van der Waals surface area (Å²) in [5.41, 5.74) is 4.71. The van der Waals surface area contributed by atoms with Crippen LogP contribution in [0.5, 0.6) is 0 Å². The van der Waals surface area contributed by atoms with Crippen LogP contribution in [-0.2, 0) is 13.0 Å². The molecule has 0 saturated heterocycles. The molecule has 0 radical (unpaired) electrons. The smallest absolute Gasteiger partial charge is 0.323 e. The van der Waals surface area contributed by atoms with E-state index >= 15 is 0 Å². The largest absolute Gasteiger partial charge is 0.351 e. The summed E-state index contributed by atoms with van der Waals surface area (Å²) in [5, 5.41) is 5.88. The molecule has 7 nitrogen and oxygen atoms in total. The van der Waals surface area contributed by atoms with Gasteiger partial charge < -0.3 is 15.5 Å². The summed E-state index contributed by atoms with van der Waals surface area (Å²) < 4.78 is 2.01. The number of hydrogen-bond acceptors (Lipinski definition) is 7. The molecule has 1 aliphatic heterocycles. The van der Waals surface area contributed by atoms with E-state index in [2.05, 4.69) is 36.6 Å². The number of thioether (sulfide) groups is 1. The van der Waals surface area contributed by atoms with Gasteiger partial charge in [0.05, 0.1) is 0 Å². The predicted octanol–water partition coefficient (Wildman–Crippen LogP) is 5.01. The maximum atomic E-state index is 12.5. The lowest BCUT2D eigenvalue weighted by atomic mass is 9.97. The minimum atomic E-state index is -0.242. The Hall–Kier alpha value is -3.17. The number of para-hydroxylation sites is 1. The van der Waals surface area contributed by atoms with Crippen LogP contribution in [0.3, 0.4) is 0 Å². The van der Waals surface area contributed by atoms with Gasteiger partial charge in [0.2, 0.25) is 0 Å². The molecule has 0 fully saturated rings. The molecular weight excluding hydrogens is 428 g/mol. The molecule has 0 aliphatic carbocycles. The number of rotatable bonds is 4. The highest BCUT2D eigenvalue weighted by Crippen LogP contribution is 2.35. The van der Waals surface area contributed by atoms with Crippen LogP contribution < -0.4 is 15.5 Å². The molecule has 0 unspecified atom stereocenters. The predicted molar refractivity (Wildman–Crippen MR) is 127 cm³/mol. The molecular formula is C22H20N6OS2. The highest BCUT2D eigenvalue weighted by Gasteiger charge is 2.23. The summed E-state index contributed by atoms with van der Waals surface area (Å²) in [5.74, 6) is 0.925.